The summed E-state index contributed by atoms with van der Waals surface area (Å²) in [7, 11) is 0. The molecule has 1 atom stereocenters. The largest absolute Gasteiger partial charge is 0.461 e. The first kappa shape index (κ1) is 20.3. The van der Waals surface area contributed by atoms with Gasteiger partial charge in [-0.15, -0.1) is 0 Å². The first-order valence-corrected chi connectivity index (χ1v) is 8.67. The first-order chi connectivity index (χ1) is 11.5. The fourth-order valence-corrected chi connectivity index (χ4v) is 1.97. The number of carbonyl (C=O) groups is 1. The van der Waals surface area contributed by atoms with Crippen molar-refractivity contribution in [3.05, 3.63) is 18.0 Å². The number of rotatable bonds is 12. The van der Waals surface area contributed by atoms with Gasteiger partial charge in [0.2, 0.25) is 0 Å². The lowest BCUT2D eigenvalue weighted by Gasteiger charge is -2.14. The van der Waals surface area contributed by atoms with Gasteiger partial charge in [0, 0.05) is 31.5 Å². The molecule has 0 aliphatic rings. The number of aliphatic hydroxyl groups is 1. The fraction of sp³-hybridized carbons (Fsp3) is 0.706. The molecule has 0 aromatic carbocycles. The number of aromatic nitrogens is 2. The number of nitrogens with zero attached hydrogens (tertiary/aromatic N) is 2. The van der Waals surface area contributed by atoms with Crippen molar-refractivity contribution in [1.29, 1.82) is 0 Å². The summed E-state index contributed by atoms with van der Waals surface area (Å²) in [6.07, 6.45) is 6.68. The van der Waals surface area contributed by atoms with Gasteiger partial charge in [0.1, 0.15) is 12.7 Å². The van der Waals surface area contributed by atoms with Crippen LogP contribution in [0.25, 0.3) is 0 Å². The Labute approximate surface area is 144 Å². The zero-order chi connectivity index (χ0) is 17.8. The van der Waals surface area contributed by atoms with E-state index in [9.17, 15) is 9.90 Å². The monoisotopic (exact) mass is 338 g/mol. The molecule has 0 spiro atoms. The molecule has 0 saturated heterocycles. The van der Waals surface area contributed by atoms with Crippen molar-refractivity contribution in [1.82, 2.24) is 20.6 Å². The van der Waals surface area contributed by atoms with Crippen LogP contribution < -0.4 is 15.4 Å². The van der Waals surface area contributed by atoms with Crippen molar-refractivity contribution < 1.29 is 14.6 Å². The standard InChI is InChI=1S/C17H30N4O3/c1-4-5-6-7-8-18-16(23)14-9-20-17(21-10-14)24-12-15(22)11-19-13(2)3/h9-10,13,15,19,22H,4-8,11-12H2,1-3H3,(H,18,23). The molecule has 0 radical (unpaired) electrons. The predicted octanol–water partition coefficient (Wildman–Crippen LogP) is 1.52. The maximum absolute atomic E-state index is 11.9. The van der Waals surface area contributed by atoms with Crippen LogP contribution in [0.2, 0.25) is 0 Å². The molecular weight excluding hydrogens is 308 g/mol. The van der Waals surface area contributed by atoms with E-state index in [0.29, 0.717) is 24.7 Å². The fourth-order valence-electron chi connectivity index (χ4n) is 1.97. The van der Waals surface area contributed by atoms with Crippen molar-refractivity contribution in [2.45, 2.75) is 58.6 Å². The quantitative estimate of drug-likeness (QED) is 0.500. The molecule has 1 heterocycles. The van der Waals surface area contributed by atoms with Crippen molar-refractivity contribution in [3.8, 4) is 6.01 Å². The lowest BCUT2D eigenvalue weighted by Crippen LogP contribution is -2.35. The van der Waals surface area contributed by atoms with Crippen LogP contribution in [-0.4, -0.2) is 52.8 Å². The average Bonchev–Trinajstić information content (AvgIpc) is 2.58. The summed E-state index contributed by atoms with van der Waals surface area (Å²) < 4.78 is 5.32. The van der Waals surface area contributed by atoms with E-state index >= 15 is 0 Å². The molecule has 1 amide bonds. The van der Waals surface area contributed by atoms with Gasteiger partial charge in [-0.1, -0.05) is 40.0 Å². The number of hydrogen-bond donors (Lipinski definition) is 3. The van der Waals surface area contributed by atoms with Gasteiger partial charge in [-0.2, -0.15) is 0 Å². The van der Waals surface area contributed by atoms with E-state index in [-0.39, 0.29) is 18.5 Å². The second-order valence-corrected chi connectivity index (χ2v) is 6.10. The summed E-state index contributed by atoms with van der Waals surface area (Å²) in [6, 6.07) is 0.453. The molecular formula is C17H30N4O3. The Kier molecular flexibility index (Phi) is 9.95. The number of unbranched alkanes of at least 4 members (excludes halogenated alkanes) is 3. The molecule has 1 aromatic heterocycles. The third kappa shape index (κ3) is 8.79. The van der Waals surface area contributed by atoms with E-state index in [1.54, 1.807) is 0 Å². The molecule has 7 heteroatoms. The second-order valence-electron chi connectivity index (χ2n) is 6.10. The molecule has 0 saturated carbocycles. The molecule has 1 aromatic rings. The van der Waals surface area contributed by atoms with Crippen molar-refractivity contribution >= 4 is 5.91 Å². The van der Waals surface area contributed by atoms with Crippen molar-refractivity contribution in [2.75, 3.05) is 19.7 Å². The molecule has 136 valence electrons. The van der Waals surface area contributed by atoms with Crippen LogP contribution in [0.15, 0.2) is 12.4 Å². The predicted molar refractivity (Wildman–Crippen MR) is 93.1 cm³/mol. The Morgan fingerprint density at radius 3 is 2.58 bits per heavy atom. The first-order valence-electron chi connectivity index (χ1n) is 8.67. The van der Waals surface area contributed by atoms with Gasteiger partial charge in [0.15, 0.2) is 0 Å². The molecule has 0 aliphatic heterocycles. The van der Waals surface area contributed by atoms with Crippen LogP contribution in [0.1, 0.15) is 56.8 Å². The Balaban J connectivity index is 2.30. The molecule has 3 N–H and O–H groups in total. The summed E-state index contributed by atoms with van der Waals surface area (Å²) in [4.78, 5) is 19.9. The van der Waals surface area contributed by atoms with Gasteiger partial charge in [0.05, 0.1) is 5.56 Å². The smallest absolute Gasteiger partial charge is 0.316 e. The number of nitrogens with one attached hydrogen (secondary N) is 2. The highest BCUT2D eigenvalue weighted by Crippen LogP contribution is 2.04. The molecule has 1 rings (SSSR count). The zero-order valence-corrected chi connectivity index (χ0v) is 14.9. The van der Waals surface area contributed by atoms with E-state index in [4.69, 9.17) is 4.74 Å². The van der Waals surface area contributed by atoms with E-state index in [1.165, 1.54) is 25.2 Å². The molecule has 0 fully saturated rings. The minimum atomic E-state index is -0.637. The Morgan fingerprint density at radius 1 is 1.25 bits per heavy atom. The minimum Gasteiger partial charge on any atom is -0.461 e. The van der Waals surface area contributed by atoms with Crippen LogP contribution in [0.3, 0.4) is 0 Å². The van der Waals surface area contributed by atoms with Crippen molar-refractivity contribution in [2.24, 2.45) is 0 Å². The van der Waals surface area contributed by atoms with Crippen LogP contribution in [0, 0.1) is 0 Å². The van der Waals surface area contributed by atoms with E-state index in [1.807, 2.05) is 13.8 Å². The number of aliphatic hydroxyl groups excluding tert-OH is 1. The summed E-state index contributed by atoms with van der Waals surface area (Å²) >= 11 is 0. The summed E-state index contributed by atoms with van der Waals surface area (Å²) in [6.45, 7) is 7.36. The SMILES string of the molecule is CCCCCCNC(=O)c1cnc(OCC(O)CNC(C)C)nc1. The number of carbonyl (C=O) groups excluding carboxylic acids is 1. The van der Waals surface area contributed by atoms with Gasteiger partial charge in [-0.3, -0.25) is 4.79 Å². The lowest BCUT2D eigenvalue weighted by atomic mass is 10.2. The van der Waals surface area contributed by atoms with Crippen LogP contribution in [0.5, 0.6) is 6.01 Å². The Morgan fingerprint density at radius 2 is 1.96 bits per heavy atom. The van der Waals surface area contributed by atoms with Gasteiger partial charge in [-0.25, -0.2) is 9.97 Å². The number of ether oxygens (including phenoxy) is 1. The lowest BCUT2D eigenvalue weighted by molar-refractivity contribution is 0.0946. The normalized spacial score (nSPS) is 12.2. The summed E-state index contributed by atoms with van der Waals surface area (Å²) in [5.41, 5.74) is 0.403. The second kappa shape index (κ2) is 11.8. The Bertz CT molecular complexity index is 465. The van der Waals surface area contributed by atoms with Gasteiger partial charge < -0.3 is 20.5 Å². The maximum atomic E-state index is 11.9. The molecule has 0 bridgehead atoms. The Hall–Kier alpha value is -1.73. The van der Waals surface area contributed by atoms with E-state index in [2.05, 4.69) is 27.5 Å². The highest BCUT2D eigenvalue weighted by Gasteiger charge is 2.09. The zero-order valence-electron chi connectivity index (χ0n) is 14.9. The van der Waals surface area contributed by atoms with Crippen molar-refractivity contribution in [3.63, 3.8) is 0 Å². The van der Waals surface area contributed by atoms with Crippen LogP contribution in [0.4, 0.5) is 0 Å². The van der Waals surface area contributed by atoms with E-state index < -0.39 is 6.10 Å². The molecule has 24 heavy (non-hydrogen) atoms. The van der Waals surface area contributed by atoms with Crippen LogP contribution in [-0.2, 0) is 0 Å². The topological polar surface area (TPSA) is 96.4 Å². The van der Waals surface area contributed by atoms with Crippen LogP contribution >= 0.6 is 0 Å². The summed E-state index contributed by atoms with van der Waals surface area (Å²) in [5.74, 6) is -0.181. The molecule has 7 nitrogen and oxygen atoms in total. The van der Waals surface area contributed by atoms with Gasteiger partial charge in [-0.05, 0) is 6.42 Å². The van der Waals surface area contributed by atoms with E-state index in [0.717, 1.165) is 12.8 Å². The highest BCUT2D eigenvalue weighted by atomic mass is 16.5. The number of amides is 1. The highest BCUT2D eigenvalue weighted by molar-refractivity contribution is 5.93. The molecule has 1 unspecified atom stereocenters. The van der Waals surface area contributed by atoms with Gasteiger partial charge >= 0.3 is 6.01 Å². The summed E-state index contributed by atoms with van der Waals surface area (Å²) in [5, 5.41) is 15.7. The number of hydrogen-bond acceptors (Lipinski definition) is 6. The third-order valence-electron chi connectivity index (χ3n) is 3.37. The molecule has 0 aliphatic carbocycles. The third-order valence-corrected chi connectivity index (χ3v) is 3.37. The minimum absolute atomic E-state index is 0.0999. The average molecular weight is 338 g/mol. The maximum Gasteiger partial charge on any atom is 0.316 e. The van der Waals surface area contributed by atoms with Gasteiger partial charge in [0.25, 0.3) is 5.91 Å².